The standard InChI is InChI=1S/C13H19NO3/c1-13(2,3)17-12(16)10-5-4-9(6-7-14)11(15)8-10/h4-5,8,15H,6-7,14H2,1-3H3. The summed E-state index contributed by atoms with van der Waals surface area (Å²) in [5.41, 5.74) is 5.95. The summed E-state index contributed by atoms with van der Waals surface area (Å²) in [6, 6.07) is 4.75. The van der Waals surface area contributed by atoms with Crippen LogP contribution < -0.4 is 5.73 Å². The number of carbonyl (C=O) groups excluding carboxylic acids is 1. The maximum Gasteiger partial charge on any atom is 0.338 e. The second-order valence-electron chi connectivity index (χ2n) is 4.88. The van der Waals surface area contributed by atoms with Crippen molar-refractivity contribution in [1.29, 1.82) is 0 Å². The first-order valence-corrected chi connectivity index (χ1v) is 5.59. The number of hydrogen-bond acceptors (Lipinski definition) is 4. The molecule has 0 radical (unpaired) electrons. The number of benzene rings is 1. The monoisotopic (exact) mass is 237 g/mol. The fourth-order valence-electron chi connectivity index (χ4n) is 1.39. The molecule has 0 bridgehead atoms. The van der Waals surface area contributed by atoms with Gasteiger partial charge in [0.25, 0.3) is 0 Å². The Morgan fingerprint density at radius 3 is 2.53 bits per heavy atom. The lowest BCUT2D eigenvalue weighted by atomic mass is 10.1. The van der Waals surface area contributed by atoms with Crippen molar-refractivity contribution >= 4 is 5.97 Å². The Bertz CT molecular complexity index is 408. The molecule has 0 aliphatic rings. The van der Waals surface area contributed by atoms with E-state index in [0.717, 1.165) is 5.56 Å². The molecule has 0 atom stereocenters. The van der Waals surface area contributed by atoms with Crippen LogP contribution in [0.15, 0.2) is 18.2 Å². The molecule has 0 saturated heterocycles. The first kappa shape index (κ1) is 13.5. The molecule has 0 amide bonds. The molecule has 17 heavy (non-hydrogen) atoms. The van der Waals surface area contributed by atoms with Gasteiger partial charge >= 0.3 is 5.97 Å². The largest absolute Gasteiger partial charge is 0.508 e. The molecule has 0 aromatic heterocycles. The Morgan fingerprint density at radius 1 is 1.41 bits per heavy atom. The lowest BCUT2D eigenvalue weighted by Crippen LogP contribution is -2.23. The highest BCUT2D eigenvalue weighted by Gasteiger charge is 2.18. The van der Waals surface area contributed by atoms with Gasteiger partial charge in [-0.2, -0.15) is 0 Å². The maximum absolute atomic E-state index is 11.7. The molecule has 1 aromatic carbocycles. The molecule has 0 spiro atoms. The Labute approximate surface area is 101 Å². The first-order valence-electron chi connectivity index (χ1n) is 5.59. The predicted octanol–water partition coefficient (Wildman–Crippen LogP) is 1.85. The van der Waals surface area contributed by atoms with E-state index in [0.29, 0.717) is 18.5 Å². The number of phenols is 1. The number of aromatic hydroxyl groups is 1. The van der Waals surface area contributed by atoms with Crippen LogP contribution in [-0.2, 0) is 11.2 Å². The summed E-state index contributed by atoms with van der Waals surface area (Å²) >= 11 is 0. The first-order chi connectivity index (χ1) is 7.83. The van der Waals surface area contributed by atoms with Crippen LogP contribution >= 0.6 is 0 Å². The Hall–Kier alpha value is -1.55. The third kappa shape index (κ3) is 4.07. The quantitative estimate of drug-likeness (QED) is 0.787. The van der Waals surface area contributed by atoms with Crippen LogP contribution in [0.3, 0.4) is 0 Å². The third-order valence-corrected chi connectivity index (χ3v) is 2.13. The zero-order valence-electron chi connectivity index (χ0n) is 10.5. The number of phenolic OH excluding ortho intramolecular Hbond substituents is 1. The van der Waals surface area contributed by atoms with E-state index in [1.54, 1.807) is 32.9 Å². The molecule has 1 rings (SSSR count). The predicted molar refractivity (Wildman–Crippen MR) is 66.0 cm³/mol. The van der Waals surface area contributed by atoms with Gasteiger partial charge in [0.2, 0.25) is 0 Å². The topological polar surface area (TPSA) is 72.5 Å². The van der Waals surface area contributed by atoms with Crippen LogP contribution in [0.25, 0.3) is 0 Å². The van der Waals surface area contributed by atoms with E-state index in [2.05, 4.69) is 0 Å². The smallest absolute Gasteiger partial charge is 0.338 e. The zero-order chi connectivity index (χ0) is 13.1. The van der Waals surface area contributed by atoms with Crippen molar-refractivity contribution in [1.82, 2.24) is 0 Å². The molecular weight excluding hydrogens is 218 g/mol. The van der Waals surface area contributed by atoms with E-state index in [1.807, 2.05) is 0 Å². The van der Waals surface area contributed by atoms with Gasteiger partial charge in [-0.15, -0.1) is 0 Å². The second-order valence-corrected chi connectivity index (χ2v) is 4.88. The summed E-state index contributed by atoms with van der Waals surface area (Å²) in [4.78, 5) is 11.7. The number of hydrogen-bond donors (Lipinski definition) is 2. The fourth-order valence-corrected chi connectivity index (χ4v) is 1.39. The van der Waals surface area contributed by atoms with Crippen molar-refractivity contribution in [3.8, 4) is 5.75 Å². The van der Waals surface area contributed by atoms with Crippen molar-refractivity contribution in [2.75, 3.05) is 6.54 Å². The summed E-state index contributed by atoms with van der Waals surface area (Å²) in [5.74, 6) is -0.356. The van der Waals surface area contributed by atoms with Gasteiger partial charge in [-0.05, 0) is 51.4 Å². The molecule has 0 aliphatic heterocycles. The minimum absolute atomic E-state index is 0.0822. The van der Waals surface area contributed by atoms with Crippen molar-refractivity contribution in [2.24, 2.45) is 5.73 Å². The van der Waals surface area contributed by atoms with Gasteiger partial charge in [-0.25, -0.2) is 4.79 Å². The minimum atomic E-state index is -0.539. The summed E-state index contributed by atoms with van der Waals surface area (Å²) in [6.45, 7) is 5.86. The molecular formula is C13H19NO3. The van der Waals surface area contributed by atoms with Gasteiger partial charge in [0.1, 0.15) is 11.4 Å². The summed E-state index contributed by atoms with van der Waals surface area (Å²) < 4.78 is 5.20. The van der Waals surface area contributed by atoms with Crippen LogP contribution in [-0.4, -0.2) is 23.2 Å². The Balaban J connectivity index is 2.86. The SMILES string of the molecule is CC(C)(C)OC(=O)c1ccc(CCN)c(O)c1. The average Bonchev–Trinajstić information content (AvgIpc) is 2.18. The van der Waals surface area contributed by atoms with Crippen molar-refractivity contribution in [2.45, 2.75) is 32.8 Å². The zero-order valence-corrected chi connectivity index (χ0v) is 10.5. The van der Waals surface area contributed by atoms with Gasteiger partial charge in [-0.3, -0.25) is 0 Å². The van der Waals surface area contributed by atoms with Crippen LogP contribution in [0.2, 0.25) is 0 Å². The number of ether oxygens (including phenoxy) is 1. The molecule has 0 saturated carbocycles. The molecule has 4 nitrogen and oxygen atoms in total. The number of rotatable bonds is 3. The molecule has 0 fully saturated rings. The van der Waals surface area contributed by atoms with Crippen molar-refractivity contribution in [3.05, 3.63) is 29.3 Å². The van der Waals surface area contributed by atoms with E-state index < -0.39 is 11.6 Å². The molecule has 0 aliphatic carbocycles. The third-order valence-electron chi connectivity index (χ3n) is 2.13. The van der Waals surface area contributed by atoms with Crippen molar-refractivity contribution in [3.63, 3.8) is 0 Å². The van der Waals surface area contributed by atoms with Gasteiger partial charge in [-0.1, -0.05) is 6.07 Å². The maximum atomic E-state index is 11.7. The molecule has 3 N–H and O–H groups in total. The molecule has 0 heterocycles. The van der Waals surface area contributed by atoms with E-state index in [1.165, 1.54) is 6.07 Å². The van der Waals surface area contributed by atoms with Crippen LogP contribution in [0.4, 0.5) is 0 Å². The highest BCUT2D eigenvalue weighted by atomic mass is 16.6. The van der Waals surface area contributed by atoms with Crippen LogP contribution in [0.5, 0.6) is 5.75 Å². The summed E-state index contributed by atoms with van der Waals surface area (Å²) in [6.07, 6.45) is 0.584. The van der Waals surface area contributed by atoms with Gasteiger partial charge in [0, 0.05) is 0 Å². The Kier molecular flexibility index (Phi) is 4.12. The number of carbonyl (C=O) groups is 1. The minimum Gasteiger partial charge on any atom is -0.508 e. The molecule has 94 valence electrons. The molecule has 0 unspecified atom stereocenters. The summed E-state index contributed by atoms with van der Waals surface area (Å²) in [5, 5.41) is 9.71. The Morgan fingerprint density at radius 2 is 2.06 bits per heavy atom. The lowest BCUT2D eigenvalue weighted by molar-refractivity contribution is 0.00691. The fraction of sp³-hybridized carbons (Fsp3) is 0.462. The molecule has 4 heteroatoms. The van der Waals surface area contributed by atoms with Crippen molar-refractivity contribution < 1.29 is 14.6 Å². The van der Waals surface area contributed by atoms with Gasteiger partial charge in [0.05, 0.1) is 5.56 Å². The second kappa shape index (κ2) is 5.19. The van der Waals surface area contributed by atoms with E-state index in [4.69, 9.17) is 10.5 Å². The normalized spacial score (nSPS) is 11.3. The van der Waals surface area contributed by atoms with Gasteiger partial charge in [0.15, 0.2) is 0 Å². The van der Waals surface area contributed by atoms with E-state index >= 15 is 0 Å². The number of esters is 1. The van der Waals surface area contributed by atoms with E-state index in [9.17, 15) is 9.90 Å². The number of nitrogens with two attached hydrogens (primary N) is 1. The summed E-state index contributed by atoms with van der Waals surface area (Å²) in [7, 11) is 0. The molecule has 1 aromatic rings. The van der Waals surface area contributed by atoms with Crippen LogP contribution in [0, 0.1) is 0 Å². The van der Waals surface area contributed by atoms with E-state index in [-0.39, 0.29) is 5.75 Å². The average molecular weight is 237 g/mol. The highest BCUT2D eigenvalue weighted by Crippen LogP contribution is 2.21. The lowest BCUT2D eigenvalue weighted by Gasteiger charge is -2.19. The van der Waals surface area contributed by atoms with Crippen LogP contribution in [0.1, 0.15) is 36.7 Å². The van der Waals surface area contributed by atoms with Gasteiger partial charge < -0.3 is 15.6 Å². The highest BCUT2D eigenvalue weighted by molar-refractivity contribution is 5.90.